The van der Waals surface area contributed by atoms with Crippen molar-refractivity contribution in [1.82, 2.24) is 0 Å². The number of carbonyl (C=O) groups excluding carboxylic acids is 1. The van der Waals surface area contributed by atoms with Crippen LogP contribution in [0.5, 0.6) is 5.75 Å². The number of anilines is 1. The van der Waals surface area contributed by atoms with Crippen LogP contribution in [0.4, 0.5) is 10.1 Å². The molecule has 13 heavy (non-hydrogen) atoms. The Balaban J connectivity index is 3.08. The molecule has 1 rings (SSSR count). The molecule has 0 aromatic heterocycles. The Labute approximate surface area is 75.2 Å². The minimum atomic E-state index is -0.640. The van der Waals surface area contributed by atoms with Crippen LogP contribution in [0.2, 0.25) is 0 Å². The quantitative estimate of drug-likeness (QED) is 0.652. The van der Waals surface area contributed by atoms with Crippen molar-refractivity contribution in [1.29, 1.82) is 0 Å². The number of halogens is 1. The Morgan fingerprint density at radius 3 is 2.69 bits per heavy atom. The molecule has 0 aliphatic carbocycles. The van der Waals surface area contributed by atoms with Crippen molar-refractivity contribution in [3.63, 3.8) is 0 Å². The largest absolute Gasteiger partial charge is 0.508 e. The van der Waals surface area contributed by atoms with Gasteiger partial charge in [-0.2, -0.15) is 0 Å². The molecule has 4 heteroatoms. The molecule has 0 heterocycles. The molecule has 70 valence electrons. The summed E-state index contributed by atoms with van der Waals surface area (Å²) in [6.45, 7) is 2.92. The number of aromatic hydroxyl groups is 1. The summed E-state index contributed by atoms with van der Waals surface area (Å²) in [5.74, 6) is -1.10. The first-order valence-corrected chi connectivity index (χ1v) is 3.77. The highest BCUT2D eigenvalue weighted by Gasteiger charge is 2.06. The summed E-state index contributed by atoms with van der Waals surface area (Å²) >= 11 is 0. The molecule has 0 saturated carbocycles. The number of amides is 1. The van der Waals surface area contributed by atoms with Crippen LogP contribution in [0.25, 0.3) is 0 Å². The van der Waals surface area contributed by atoms with Gasteiger partial charge in [-0.05, 0) is 18.6 Å². The minimum Gasteiger partial charge on any atom is -0.508 e. The third-order valence-corrected chi connectivity index (χ3v) is 1.60. The van der Waals surface area contributed by atoms with Crippen molar-refractivity contribution >= 4 is 11.6 Å². The van der Waals surface area contributed by atoms with E-state index in [2.05, 4.69) is 5.32 Å². The molecule has 0 fully saturated rings. The van der Waals surface area contributed by atoms with E-state index in [-0.39, 0.29) is 17.3 Å². The number of hydrogen-bond acceptors (Lipinski definition) is 2. The van der Waals surface area contributed by atoms with Gasteiger partial charge in [0.2, 0.25) is 5.91 Å². The van der Waals surface area contributed by atoms with Crippen LogP contribution in [0, 0.1) is 12.7 Å². The van der Waals surface area contributed by atoms with Gasteiger partial charge in [0.05, 0.1) is 5.69 Å². The van der Waals surface area contributed by atoms with Crippen molar-refractivity contribution in [3.05, 3.63) is 23.5 Å². The normalized spacial score (nSPS) is 9.77. The van der Waals surface area contributed by atoms with Crippen LogP contribution >= 0.6 is 0 Å². The number of phenols is 1. The van der Waals surface area contributed by atoms with Crippen LogP contribution in [-0.4, -0.2) is 11.0 Å². The summed E-state index contributed by atoms with van der Waals surface area (Å²) in [4.78, 5) is 10.6. The molecule has 0 saturated heterocycles. The van der Waals surface area contributed by atoms with Gasteiger partial charge < -0.3 is 10.4 Å². The molecule has 2 N–H and O–H groups in total. The Hall–Kier alpha value is -1.58. The van der Waals surface area contributed by atoms with Gasteiger partial charge in [-0.25, -0.2) is 4.39 Å². The molecule has 0 atom stereocenters. The van der Waals surface area contributed by atoms with E-state index in [0.717, 1.165) is 6.07 Å². The molecule has 1 aromatic carbocycles. The predicted molar refractivity (Wildman–Crippen MR) is 47.1 cm³/mol. The number of aryl methyl sites for hydroxylation is 1. The first-order chi connectivity index (χ1) is 6.00. The third kappa shape index (κ3) is 2.18. The summed E-state index contributed by atoms with van der Waals surface area (Å²) < 4.78 is 13.0. The fourth-order valence-corrected chi connectivity index (χ4v) is 0.956. The number of rotatable bonds is 1. The summed E-state index contributed by atoms with van der Waals surface area (Å²) in [5, 5.41) is 11.4. The van der Waals surface area contributed by atoms with Gasteiger partial charge in [-0.3, -0.25) is 4.79 Å². The molecule has 1 aromatic rings. The van der Waals surface area contributed by atoms with Gasteiger partial charge in [-0.1, -0.05) is 0 Å². The lowest BCUT2D eigenvalue weighted by molar-refractivity contribution is -0.114. The molecule has 0 aliphatic heterocycles. The first-order valence-electron chi connectivity index (χ1n) is 3.77. The zero-order valence-electron chi connectivity index (χ0n) is 7.39. The maximum Gasteiger partial charge on any atom is 0.221 e. The van der Waals surface area contributed by atoms with Gasteiger partial charge in [0.25, 0.3) is 0 Å². The summed E-state index contributed by atoms with van der Waals surface area (Å²) in [6, 6.07) is 2.35. The molecule has 3 nitrogen and oxygen atoms in total. The van der Waals surface area contributed by atoms with Gasteiger partial charge in [-0.15, -0.1) is 0 Å². The molecule has 0 bridgehead atoms. The van der Waals surface area contributed by atoms with Crippen molar-refractivity contribution in [2.24, 2.45) is 0 Å². The molecule has 1 amide bonds. The monoisotopic (exact) mass is 183 g/mol. The van der Waals surface area contributed by atoms with E-state index in [9.17, 15) is 9.18 Å². The Kier molecular flexibility index (Phi) is 2.51. The van der Waals surface area contributed by atoms with Crippen LogP contribution in [0.3, 0.4) is 0 Å². The van der Waals surface area contributed by atoms with Crippen LogP contribution in [0.1, 0.15) is 12.5 Å². The number of benzene rings is 1. The lowest BCUT2D eigenvalue weighted by Crippen LogP contribution is -2.07. The van der Waals surface area contributed by atoms with E-state index < -0.39 is 5.82 Å². The SMILES string of the molecule is CC(=O)Nc1cc(C)c(O)cc1F. The lowest BCUT2D eigenvalue weighted by Gasteiger charge is -2.06. The zero-order valence-corrected chi connectivity index (χ0v) is 7.39. The van der Waals surface area contributed by atoms with Crippen molar-refractivity contribution < 1.29 is 14.3 Å². The number of phenolic OH excluding ortho intramolecular Hbond substituents is 1. The van der Waals surface area contributed by atoms with Gasteiger partial charge >= 0.3 is 0 Å². The van der Waals surface area contributed by atoms with Gasteiger partial charge in [0.15, 0.2) is 0 Å². The summed E-state index contributed by atoms with van der Waals surface area (Å²) in [6.07, 6.45) is 0. The second kappa shape index (κ2) is 3.43. The van der Waals surface area contributed by atoms with E-state index >= 15 is 0 Å². The fraction of sp³-hybridized carbons (Fsp3) is 0.222. The topological polar surface area (TPSA) is 49.3 Å². The summed E-state index contributed by atoms with van der Waals surface area (Å²) in [7, 11) is 0. The maximum atomic E-state index is 13.0. The van der Waals surface area contributed by atoms with Crippen LogP contribution in [0.15, 0.2) is 12.1 Å². The highest BCUT2D eigenvalue weighted by atomic mass is 19.1. The highest BCUT2D eigenvalue weighted by Crippen LogP contribution is 2.23. The third-order valence-electron chi connectivity index (χ3n) is 1.60. The second-order valence-corrected chi connectivity index (χ2v) is 2.80. The minimum absolute atomic E-state index is 0.0859. The Bertz CT molecular complexity index is 350. The smallest absolute Gasteiger partial charge is 0.221 e. The van der Waals surface area contributed by atoms with Gasteiger partial charge in [0, 0.05) is 13.0 Å². The molecule has 0 radical (unpaired) electrons. The molecular formula is C9H10FNO2. The highest BCUT2D eigenvalue weighted by molar-refractivity contribution is 5.89. The van der Waals surface area contributed by atoms with Crippen molar-refractivity contribution in [2.45, 2.75) is 13.8 Å². The number of carbonyl (C=O) groups is 1. The maximum absolute atomic E-state index is 13.0. The Morgan fingerprint density at radius 2 is 2.15 bits per heavy atom. The van der Waals surface area contributed by atoms with Crippen LogP contribution in [-0.2, 0) is 4.79 Å². The molecular weight excluding hydrogens is 173 g/mol. The molecule has 0 spiro atoms. The number of nitrogens with one attached hydrogen (secondary N) is 1. The fourth-order valence-electron chi connectivity index (χ4n) is 0.956. The summed E-state index contributed by atoms with van der Waals surface area (Å²) in [5.41, 5.74) is 0.605. The molecule has 0 aliphatic rings. The number of hydrogen-bond donors (Lipinski definition) is 2. The van der Waals surface area contributed by atoms with Crippen LogP contribution < -0.4 is 5.32 Å². The lowest BCUT2D eigenvalue weighted by atomic mass is 10.2. The second-order valence-electron chi connectivity index (χ2n) is 2.80. The van der Waals surface area contributed by atoms with E-state index in [4.69, 9.17) is 5.11 Å². The first kappa shape index (κ1) is 9.51. The molecule has 0 unspecified atom stereocenters. The standard InChI is InChI=1S/C9H10FNO2/c1-5-3-8(11-6(2)12)7(10)4-9(5)13/h3-4,13H,1-2H3,(H,11,12). The zero-order chi connectivity index (χ0) is 10.0. The van der Waals surface area contributed by atoms with Crippen molar-refractivity contribution in [3.8, 4) is 5.75 Å². The van der Waals surface area contributed by atoms with E-state index in [1.165, 1.54) is 13.0 Å². The van der Waals surface area contributed by atoms with E-state index in [1.807, 2.05) is 0 Å². The van der Waals surface area contributed by atoms with E-state index in [0.29, 0.717) is 5.56 Å². The average Bonchev–Trinajstić information content (AvgIpc) is 1.99. The average molecular weight is 183 g/mol. The Morgan fingerprint density at radius 1 is 1.54 bits per heavy atom. The predicted octanol–water partition coefficient (Wildman–Crippen LogP) is 1.80. The van der Waals surface area contributed by atoms with Crippen molar-refractivity contribution in [2.75, 3.05) is 5.32 Å². The van der Waals surface area contributed by atoms with E-state index in [1.54, 1.807) is 6.92 Å². The van der Waals surface area contributed by atoms with Gasteiger partial charge in [0.1, 0.15) is 11.6 Å².